The first-order valence-corrected chi connectivity index (χ1v) is 8.98. The summed E-state index contributed by atoms with van der Waals surface area (Å²) in [5, 5.41) is 3.90. The highest BCUT2D eigenvalue weighted by Gasteiger charge is 2.29. The van der Waals surface area contributed by atoms with Crippen LogP contribution in [0.3, 0.4) is 0 Å². The largest absolute Gasteiger partial charge is 0.382 e. The first-order chi connectivity index (χ1) is 9.32. The minimum atomic E-state index is -3.57. The fourth-order valence-corrected chi connectivity index (χ4v) is 4.71. The maximum Gasteiger partial charge on any atom is 0.249 e. The van der Waals surface area contributed by atoms with Gasteiger partial charge in [0.25, 0.3) is 0 Å². The summed E-state index contributed by atoms with van der Waals surface area (Å²) in [5.74, 6) is 0.746. The molecule has 0 radical (unpaired) electrons. The van der Waals surface area contributed by atoms with Crippen molar-refractivity contribution in [3.63, 3.8) is 0 Å². The predicted molar refractivity (Wildman–Crippen MR) is 82.4 cm³/mol. The van der Waals surface area contributed by atoms with E-state index in [0.717, 1.165) is 24.4 Å². The van der Waals surface area contributed by atoms with Crippen LogP contribution in [0.25, 0.3) is 0 Å². The van der Waals surface area contributed by atoms with Crippen LogP contribution in [0.5, 0.6) is 0 Å². The smallest absolute Gasteiger partial charge is 0.249 e. The minimum Gasteiger partial charge on any atom is -0.382 e. The van der Waals surface area contributed by atoms with Crippen molar-refractivity contribution in [2.75, 3.05) is 25.1 Å². The normalized spacial score (nSPS) is 24.0. The van der Waals surface area contributed by atoms with Crippen molar-refractivity contribution in [2.45, 2.75) is 43.5 Å². The second-order valence-electron chi connectivity index (χ2n) is 5.63. The second-order valence-corrected chi connectivity index (χ2v) is 8.49. The molecule has 2 unspecified atom stereocenters. The first-order valence-electron chi connectivity index (χ1n) is 6.76. The van der Waals surface area contributed by atoms with Gasteiger partial charge in [-0.2, -0.15) is 4.37 Å². The van der Waals surface area contributed by atoms with Crippen LogP contribution in [-0.2, 0) is 10.0 Å². The van der Waals surface area contributed by atoms with Gasteiger partial charge in [-0.15, -0.1) is 0 Å². The number of rotatable bonds is 4. The lowest BCUT2D eigenvalue weighted by Crippen LogP contribution is -2.28. The molecule has 3 N–H and O–H groups in total. The summed E-state index contributed by atoms with van der Waals surface area (Å²) in [6, 6.07) is 0.301. The van der Waals surface area contributed by atoms with Crippen molar-refractivity contribution in [1.82, 2.24) is 8.68 Å². The number of nitrogens with two attached hydrogens (primary N) is 1. The molecule has 1 aromatic heterocycles. The summed E-state index contributed by atoms with van der Waals surface area (Å²) in [5.41, 5.74) is 5.75. The second kappa shape index (κ2) is 5.87. The molecule has 0 bridgehead atoms. The highest BCUT2D eigenvalue weighted by molar-refractivity contribution is 7.89. The average Bonchev–Trinajstić information content (AvgIpc) is 2.70. The van der Waals surface area contributed by atoms with E-state index >= 15 is 0 Å². The van der Waals surface area contributed by atoms with E-state index < -0.39 is 10.0 Å². The summed E-state index contributed by atoms with van der Waals surface area (Å²) in [6.07, 6.45) is 4.53. The van der Waals surface area contributed by atoms with Crippen LogP contribution in [0.4, 0.5) is 10.8 Å². The molecule has 1 aliphatic rings. The van der Waals surface area contributed by atoms with Crippen LogP contribution in [0.15, 0.2) is 4.90 Å². The van der Waals surface area contributed by atoms with Gasteiger partial charge in [-0.3, -0.25) is 0 Å². The van der Waals surface area contributed by atoms with Crippen LogP contribution in [0.1, 0.15) is 32.6 Å². The van der Waals surface area contributed by atoms with E-state index in [-0.39, 0.29) is 10.7 Å². The molecule has 1 fully saturated rings. The molecule has 20 heavy (non-hydrogen) atoms. The Bertz CT molecular complexity index is 568. The molecule has 1 aromatic rings. The maximum atomic E-state index is 12.3. The highest BCUT2D eigenvalue weighted by atomic mass is 32.2. The SMILES string of the molecule is CC1CCCC(Nc2snc(N)c2S(=O)(=O)N(C)C)C1. The van der Waals surface area contributed by atoms with Crippen LogP contribution < -0.4 is 11.1 Å². The Hall–Kier alpha value is -0.860. The number of nitrogens with one attached hydrogen (secondary N) is 1. The molecular formula is C12H22N4O2S2. The lowest BCUT2D eigenvalue weighted by molar-refractivity contribution is 0.359. The molecular weight excluding hydrogens is 296 g/mol. The summed E-state index contributed by atoms with van der Waals surface area (Å²) in [4.78, 5) is 0.116. The van der Waals surface area contributed by atoms with Crippen LogP contribution >= 0.6 is 11.5 Å². The molecule has 8 heteroatoms. The van der Waals surface area contributed by atoms with Crippen molar-refractivity contribution in [2.24, 2.45) is 5.92 Å². The summed E-state index contributed by atoms with van der Waals surface area (Å²) in [6.45, 7) is 2.23. The Balaban J connectivity index is 2.26. The maximum absolute atomic E-state index is 12.3. The van der Waals surface area contributed by atoms with E-state index in [1.807, 2.05) is 0 Å². The molecule has 0 aromatic carbocycles. The van der Waals surface area contributed by atoms with Gasteiger partial charge in [-0.25, -0.2) is 12.7 Å². The molecule has 0 saturated heterocycles. The van der Waals surface area contributed by atoms with E-state index in [2.05, 4.69) is 16.6 Å². The summed E-state index contributed by atoms with van der Waals surface area (Å²) >= 11 is 1.12. The zero-order valence-electron chi connectivity index (χ0n) is 12.1. The van der Waals surface area contributed by atoms with Gasteiger partial charge in [-0.05, 0) is 30.3 Å². The topological polar surface area (TPSA) is 88.3 Å². The number of nitrogen functional groups attached to an aromatic ring is 1. The Kier molecular flexibility index (Phi) is 4.55. The van der Waals surface area contributed by atoms with Crippen LogP contribution in [-0.4, -0.2) is 37.2 Å². The van der Waals surface area contributed by atoms with Crippen molar-refractivity contribution in [3.8, 4) is 0 Å². The lowest BCUT2D eigenvalue weighted by atomic mass is 9.87. The Labute approximate surface area is 124 Å². The standard InChI is InChI=1S/C12H22N4O2S2/c1-8-5-4-6-9(7-8)14-12-10(11(13)15-19-12)20(17,18)16(2)3/h8-9,14H,4-7H2,1-3H3,(H2,13,15). The Morgan fingerprint density at radius 2 is 2.10 bits per heavy atom. The van der Waals surface area contributed by atoms with E-state index in [0.29, 0.717) is 17.0 Å². The van der Waals surface area contributed by atoms with Crippen LogP contribution in [0, 0.1) is 5.92 Å². The fraction of sp³-hybridized carbons (Fsp3) is 0.750. The van der Waals surface area contributed by atoms with Gasteiger partial charge in [-0.1, -0.05) is 19.8 Å². The third-order valence-corrected chi connectivity index (χ3v) is 6.50. The molecule has 0 spiro atoms. The number of sulfonamides is 1. The first kappa shape index (κ1) is 15.5. The number of hydrogen-bond donors (Lipinski definition) is 2. The minimum absolute atomic E-state index is 0.0788. The van der Waals surface area contributed by atoms with Gasteiger partial charge < -0.3 is 11.1 Å². The Morgan fingerprint density at radius 3 is 2.70 bits per heavy atom. The highest BCUT2D eigenvalue weighted by Crippen LogP contribution is 2.35. The van der Waals surface area contributed by atoms with Gasteiger partial charge in [0.15, 0.2) is 10.7 Å². The monoisotopic (exact) mass is 318 g/mol. The van der Waals surface area contributed by atoms with E-state index in [4.69, 9.17) is 5.73 Å². The molecule has 1 aliphatic carbocycles. The summed E-state index contributed by atoms with van der Waals surface area (Å²) < 4.78 is 29.8. The zero-order chi connectivity index (χ0) is 14.9. The Morgan fingerprint density at radius 1 is 1.40 bits per heavy atom. The van der Waals surface area contributed by atoms with E-state index in [9.17, 15) is 8.42 Å². The number of nitrogens with zero attached hydrogens (tertiary/aromatic N) is 2. The molecule has 0 amide bonds. The molecule has 114 valence electrons. The molecule has 6 nitrogen and oxygen atoms in total. The summed E-state index contributed by atoms with van der Waals surface area (Å²) in [7, 11) is -0.568. The lowest BCUT2D eigenvalue weighted by Gasteiger charge is -2.28. The van der Waals surface area contributed by atoms with Gasteiger partial charge in [0.1, 0.15) is 5.00 Å². The third-order valence-electron chi connectivity index (χ3n) is 3.68. The van der Waals surface area contributed by atoms with Crippen molar-refractivity contribution < 1.29 is 8.42 Å². The quantitative estimate of drug-likeness (QED) is 0.886. The van der Waals surface area contributed by atoms with Gasteiger partial charge in [0.2, 0.25) is 10.0 Å². The molecule has 1 saturated carbocycles. The van der Waals surface area contributed by atoms with Crippen molar-refractivity contribution in [1.29, 1.82) is 0 Å². The molecule has 1 heterocycles. The van der Waals surface area contributed by atoms with Crippen LogP contribution in [0.2, 0.25) is 0 Å². The predicted octanol–water partition coefficient (Wildman–Crippen LogP) is 1.97. The van der Waals surface area contributed by atoms with E-state index in [1.54, 1.807) is 0 Å². The molecule has 2 atom stereocenters. The number of anilines is 2. The zero-order valence-corrected chi connectivity index (χ0v) is 13.7. The fourth-order valence-electron chi connectivity index (χ4n) is 2.57. The molecule has 0 aliphatic heterocycles. The van der Waals surface area contributed by atoms with Gasteiger partial charge in [0.05, 0.1) is 0 Å². The van der Waals surface area contributed by atoms with Gasteiger partial charge in [0, 0.05) is 20.1 Å². The van der Waals surface area contributed by atoms with E-state index in [1.165, 1.54) is 31.2 Å². The van der Waals surface area contributed by atoms with Crippen molar-refractivity contribution >= 4 is 32.4 Å². The van der Waals surface area contributed by atoms with Crippen molar-refractivity contribution in [3.05, 3.63) is 0 Å². The van der Waals surface area contributed by atoms with Gasteiger partial charge >= 0.3 is 0 Å². The number of hydrogen-bond acceptors (Lipinski definition) is 6. The number of aromatic nitrogens is 1. The molecule has 2 rings (SSSR count). The average molecular weight is 318 g/mol. The third kappa shape index (κ3) is 3.07.